The molecule has 0 spiro atoms. The van der Waals surface area contributed by atoms with Crippen molar-refractivity contribution in [3.8, 4) is 5.75 Å². The highest BCUT2D eigenvalue weighted by molar-refractivity contribution is 6.14. The Bertz CT molecular complexity index is 849. The molecule has 25 heavy (non-hydrogen) atoms. The number of benzene rings is 2. The summed E-state index contributed by atoms with van der Waals surface area (Å²) in [6.07, 6.45) is 3.97. The van der Waals surface area contributed by atoms with Gasteiger partial charge >= 0.3 is 0 Å². The molecule has 0 aliphatic carbocycles. The molecule has 0 radical (unpaired) electrons. The fourth-order valence-corrected chi connectivity index (χ4v) is 3.10. The van der Waals surface area contributed by atoms with Crippen molar-refractivity contribution in [3.63, 3.8) is 0 Å². The van der Waals surface area contributed by atoms with Gasteiger partial charge in [-0.1, -0.05) is 42.0 Å². The molecule has 0 bridgehead atoms. The number of Topliss-reactive ketones (excluding diaryl/α,β-unsaturated/α-hetero) is 1. The SMILES string of the molecule is COc1cccc(/C=C2\CN(C)C/C(=C\c3cccc(C)c3)C2=O)c1. The van der Waals surface area contributed by atoms with Crippen molar-refractivity contribution in [1.29, 1.82) is 0 Å². The van der Waals surface area contributed by atoms with Crippen LogP contribution in [0.2, 0.25) is 0 Å². The Morgan fingerprint density at radius 1 is 0.960 bits per heavy atom. The summed E-state index contributed by atoms with van der Waals surface area (Å²) in [7, 11) is 3.68. The summed E-state index contributed by atoms with van der Waals surface area (Å²) in [6, 6.07) is 16.0. The molecule has 0 saturated carbocycles. The summed E-state index contributed by atoms with van der Waals surface area (Å²) in [6.45, 7) is 3.38. The molecule has 1 fully saturated rings. The summed E-state index contributed by atoms with van der Waals surface area (Å²) in [4.78, 5) is 15.1. The third-order valence-corrected chi connectivity index (χ3v) is 4.28. The highest BCUT2D eigenvalue weighted by Crippen LogP contribution is 2.22. The zero-order valence-electron chi connectivity index (χ0n) is 15.0. The van der Waals surface area contributed by atoms with Crippen molar-refractivity contribution < 1.29 is 9.53 Å². The predicted octanol–water partition coefficient (Wildman–Crippen LogP) is 3.99. The Kier molecular flexibility index (Phi) is 5.15. The maximum Gasteiger partial charge on any atom is 0.187 e. The molecule has 1 aliphatic heterocycles. The number of hydrogen-bond donors (Lipinski definition) is 0. The van der Waals surface area contributed by atoms with E-state index in [0.29, 0.717) is 13.1 Å². The van der Waals surface area contributed by atoms with Crippen LogP contribution in [0.1, 0.15) is 16.7 Å². The van der Waals surface area contributed by atoms with Crippen LogP contribution in [0.15, 0.2) is 59.7 Å². The van der Waals surface area contributed by atoms with E-state index in [4.69, 9.17) is 4.74 Å². The van der Waals surface area contributed by atoms with Crippen LogP contribution in [-0.2, 0) is 4.79 Å². The van der Waals surface area contributed by atoms with Gasteiger partial charge in [0.15, 0.2) is 5.78 Å². The lowest BCUT2D eigenvalue weighted by Gasteiger charge is -2.26. The molecular weight excluding hydrogens is 310 g/mol. The van der Waals surface area contributed by atoms with Crippen LogP contribution in [0.25, 0.3) is 12.2 Å². The average Bonchev–Trinajstić information content (AvgIpc) is 2.59. The third kappa shape index (κ3) is 4.25. The van der Waals surface area contributed by atoms with Crippen LogP contribution >= 0.6 is 0 Å². The average molecular weight is 333 g/mol. The van der Waals surface area contributed by atoms with Crippen LogP contribution in [0.3, 0.4) is 0 Å². The summed E-state index contributed by atoms with van der Waals surface area (Å²) in [5.41, 5.74) is 4.87. The largest absolute Gasteiger partial charge is 0.497 e. The number of carbonyl (C=O) groups excluding carboxylic acids is 1. The molecule has 1 heterocycles. The van der Waals surface area contributed by atoms with E-state index in [1.165, 1.54) is 5.56 Å². The minimum atomic E-state index is 0.127. The number of rotatable bonds is 3. The van der Waals surface area contributed by atoms with Crippen LogP contribution in [0, 0.1) is 6.92 Å². The van der Waals surface area contributed by atoms with E-state index >= 15 is 0 Å². The highest BCUT2D eigenvalue weighted by atomic mass is 16.5. The molecule has 0 N–H and O–H groups in total. The van der Waals surface area contributed by atoms with Gasteiger partial charge in [-0.25, -0.2) is 0 Å². The summed E-state index contributed by atoms with van der Waals surface area (Å²) in [5, 5.41) is 0. The zero-order chi connectivity index (χ0) is 17.8. The van der Waals surface area contributed by atoms with E-state index in [1.54, 1.807) is 7.11 Å². The van der Waals surface area contributed by atoms with Crippen molar-refractivity contribution in [1.82, 2.24) is 4.90 Å². The Hall–Kier alpha value is -2.65. The Labute approximate surface area is 149 Å². The van der Waals surface area contributed by atoms with Crippen molar-refractivity contribution in [2.75, 3.05) is 27.2 Å². The van der Waals surface area contributed by atoms with Crippen LogP contribution in [0.5, 0.6) is 5.75 Å². The Morgan fingerprint density at radius 3 is 2.16 bits per heavy atom. The number of likely N-dealkylation sites (N-methyl/N-ethyl adjacent to an activating group) is 1. The number of likely N-dealkylation sites (tertiary alicyclic amines) is 1. The normalized spacial score (nSPS) is 18.8. The fourth-order valence-electron chi connectivity index (χ4n) is 3.10. The monoisotopic (exact) mass is 333 g/mol. The minimum absolute atomic E-state index is 0.127. The van der Waals surface area contributed by atoms with Crippen molar-refractivity contribution >= 4 is 17.9 Å². The molecule has 0 unspecified atom stereocenters. The van der Waals surface area contributed by atoms with Gasteiger partial charge in [0.1, 0.15) is 5.75 Å². The van der Waals surface area contributed by atoms with E-state index in [-0.39, 0.29) is 5.78 Å². The molecule has 128 valence electrons. The summed E-state index contributed by atoms with van der Waals surface area (Å²) >= 11 is 0. The molecule has 2 aromatic rings. The number of aryl methyl sites for hydroxylation is 1. The van der Waals surface area contributed by atoms with E-state index in [9.17, 15) is 4.79 Å². The second-order valence-corrected chi connectivity index (χ2v) is 6.53. The lowest BCUT2D eigenvalue weighted by atomic mass is 9.94. The molecule has 3 rings (SSSR count). The second-order valence-electron chi connectivity index (χ2n) is 6.53. The first-order valence-electron chi connectivity index (χ1n) is 8.40. The summed E-state index contributed by atoms with van der Waals surface area (Å²) < 4.78 is 5.27. The smallest absolute Gasteiger partial charge is 0.187 e. The molecule has 2 aromatic carbocycles. The number of ketones is 1. The zero-order valence-corrected chi connectivity index (χ0v) is 15.0. The van der Waals surface area contributed by atoms with Crippen LogP contribution in [0.4, 0.5) is 0 Å². The van der Waals surface area contributed by atoms with Gasteiger partial charge in [0.05, 0.1) is 7.11 Å². The lowest BCUT2D eigenvalue weighted by molar-refractivity contribution is -0.113. The van der Waals surface area contributed by atoms with Crippen molar-refractivity contribution in [2.24, 2.45) is 0 Å². The number of hydrogen-bond acceptors (Lipinski definition) is 3. The van der Waals surface area contributed by atoms with Gasteiger partial charge in [0, 0.05) is 24.2 Å². The van der Waals surface area contributed by atoms with Crippen LogP contribution < -0.4 is 4.74 Å². The standard InChI is InChI=1S/C22H23NO2/c1-16-6-4-7-17(10-16)11-19-14-23(2)15-20(22(19)24)12-18-8-5-9-21(13-18)25-3/h4-13H,14-15H2,1-3H3/b19-11+,20-12+. The number of piperidine rings is 1. The van der Waals surface area contributed by atoms with Gasteiger partial charge in [-0.05, 0) is 49.4 Å². The van der Waals surface area contributed by atoms with E-state index < -0.39 is 0 Å². The lowest BCUT2D eigenvalue weighted by Crippen LogP contribution is -2.34. The second kappa shape index (κ2) is 7.49. The summed E-state index contributed by atoms with van der Waals surface area (Å²) in [5.74, 6) is 0.920. The maximum atomic E-state index is 12.9. The number of ether oxygens (including phenoxy) is 1. The predicted molar refractivity (Wildman–Crippen MR) is 103 cm³/mol. The Balaban J connectivity index is 1.93. The topological polar surface area (TPSA) is 29.5 Å². The molecular formula is C22H23NO2. The first kappa shape index (κ1) is 17.2. The molecule has 1 saturated heterocycles. The minimum Gasteiger partial charge on any atom is -0.497 e. The molecule has 3 heteroatoms. The molecule has 3 nitrogen and oxygen atoms in total. The molecule has 1 aliphatic rings. The van der Waals surface area contributed by atoms with Gasteiger partial charge in [0.2, 0.25) is 0 Å². The quantitative estimate of drug-likeness (QED) is 0.796. The van der Waals surface area contributed by atoms with E-state index in [1.807, 2.05) is 55.6 Å². The molecule has 0 atom stereocenters. The van der Waals surface area contributed by atoms with Gasteiger partial charge in [0.25, 0.3) is 0 Å². The first-order chi connectivity index (χ1) is 12.0. The number of carbonyl (C=O) groups is 1. The first-order valence-corrected chi connectivity index (χ1v) is 8.40. The van der Waals surface area contributed by atoms with Gasteiger partial charge in [-0.2, -0.15) is 0 Å². The number of methoxy groups -OCH3 is 1. The van der Waals surface area contributed by atoms with Gasteiger partial charge < -0.3 is 4.74 Å². The van der Waals surface area contributed by atoms with E-state index in [0.717, 1.165) is 28.0 Å². The van der Waals surface area contributed by atoms with Crippen LogP contribution in [-0.4, -0.2) is 37.9 Å². The fraction of sp³-hybridized carbons (Fsp3) is 0.227. The molecule has 0 aromatic heterocycles. The Morgan fingerprint density at radius 2 is 1.56 bits per heavy atom. The highest BCUT2D eigenvalue weighted by Gasteiger charge is 2.23. The van der Waals surface area contributed by atoms with Gasteiger partial charge in [-0.15, -0.1) is 0 Å². The van der Waals surface area contributed by atoms with Crippen molar-refractivity contribution in [2.45, 2.75) is 6.92 Å². The maximum absolute atomic E-state index is 12.9. The van der Waals surface area contributed by atoms with Crippen molar-refractivity contribution in [3.05, 3.63) is 76.4 Å². The van der Waals surface area contributed by atoms with Gasteiger partial charge in [-0.3, -0.25) is 9.69 Å². The third-order valence-electron chi connectivity index (χ3n) is 4.28. The number of nitrogens with zero attached hydrogens (tertiary/aromatic N) is 1. The molecule has 0 amide bonds. The van der Waals surface area contributed by atoms with E-state index in [2.05, 4.69) is 24.0 Å².